The number of benzene rings is 2. The number of rotatable bonds is 7. The molecule has 2 aromatic rings. The van der Waals surface area contributed by atoms with Crippen molar-refractivity contribution in [1.82, 2.24) is 10.2 Å². The van der Waals surface area contributed by atoms with Crippen LogP contribution in [0, 0.1) is 0 Å². The molecular weight excluding hydrogens is 368 g/mol. The third kappa shape index (κ3) is 5.49. The second-order valence-corrected chi connectivity index (χ2v) is 7.46. The second-order valence-electron chi connectivity index (χ2n) is 7.46. The maximum atomic E-state index is 12.7. The number of nitrogens with zero attached hydrogens (tertiary/aromatic N) is 1. The molecule has 1 amide bonds. The van der Waals surface area contributed by atoms with Crippen molar-refractivity contribution in [2.45, 2.75) is 39.1 Å². The van der Waals surface area contributed by atoms with Gasteiger partial charge in [0, 0.05) is 31.7 Å². The van der Waals surface area contributed by atoms with Gasteiger partial charge in [-0.1, -0.05) is 18.2 Å². The van der Waals surface area contributed by atoms with Crippen molar-refractivity contribution in [2.75, 3.05) is 27.3 Å². The fourth-order valence-electron chi connectivity index (χ4n) is 3.63. The number of ether oxygens (including phenoxy) is 3. The monoisotopic (exact) mass is 398 g/mol. The van der Waals surface area contributed by atoms with Crippen LogP contribution in [0.4, 0.5) is 0 Å². The molecule has 2 unspecified atom stereocenters. The minimum absolute atomic E-state index is 0.0665. The van der Waals surface area contributed by atoms with Crippen molar-refractivity contribution in [2.24, 2.45) is 0 Å². The van der Waals surface area contributed by atoms with Gasteiger partial charge in [-0.05, 0) is 49.2 Å². The number of amides is 1. The largest absolute Gasteiger partial charge is 0.493 e. The van der Waals surface area contributed by atoms with E-state index in [1.54, 1.807) is 14.2 Å². The lowest BCUT2D eigenvalue weighted by Gasteiger charge is -2.35. The molecular formula is C23H30N2O4. The summed E-state index contributed by atoms with van der Waals surface area (Å²) in [6.07, 6.45) is 0.144. The Kier molecular flexibility index (Phi) is 7.12. The molecule has 0 aliphatic carbocycles. The van der Waals surface area contributed by atoms with Crippen LogP contribution in [0.1, 0.15) is 35.3 Å². The zero-order valence-electron chi connectivity index (χ0n) is 17.6. The van der Waals surface area contributed by atoms with Gasteiger partial charge in [0.15, 0.2) is 11.5 Å². The Morgan fingerprint density at radius 1 is 0.966 bits per heavy atom. The van der Waals surface area contributed by atoms with Gasteiger partial charge < -0.3 is 24.4 Å². The SMILES string of the molecule is COc1ccc(CNCc2ccc(C(=O)N3CC(C)OC(C)C3)cc2)cc1OC. The van der Waals surface area contributed by atoms with Gasteiger partial charge in [0.2, 0.25) is 0 Å². The number of nitrogens with one attached hydrogen (secondary N) is 1. The minimum Gasteiger partial charge on any atom is -0.493 e. The third-order valence-corrected chi connectivity index (χ3v) is 5.01. The topological polar surface area (TPSA) is 60.0 Å². The highest BCUT2D eigenvalue weighted by Gasteiger charge is 2.26. The van der Waals surface area contributed by atoms with Gasteiger partial charge in [-0.25, -0.2) is 0 Å². The van der Waals surface area contributed by atoms with E-state index in [1.807, 2.05) is 61.2 Å². The van der Waals surface area contributed by atoms with Gasteiger partial charge >= 0.3 is 0 Å². The van der Waals surface area contributed by atoms with Crippen molar-refractivity contribution >= 4 is 5.91 Å². The van der Waals surface area contributed by atoms with Crippen molar-refractivity contribution in [1.29, 1.82) is 0 Å². The van der Waals surface area contributed by atoms with Crippen LogP contribution in [0.2, 0.25) is 0 Å². The number of hydrogen-bond donors (Lipinski definition) is 1. The van der Waals surface area contributed by atoms with Crippen LogP contribution in [0.3, 0.4) is 0 Å². The van der Waals surface area contributed by atoms with E-state index in [0.29, 0.717) is 26.2 Å². The maximum Gasteiger partial charge on any atom is 0.254 e. The van der Waals surface area contributed by atoms with Crippen molar-refractivity contribution in [3.05, 3.63) is 59.2 Å². The molecule has 1 aliphatic heterocycles. The molecule has 1 heterocycles. The van der Waals surface area contributed by atoms with Gasteiger partial charge in [-0.2, -0.15) is 0 Å². The van der Waals surface area contributed by atoms with E-state index < -0.39 is 0 Å². The van der Waals surface area contributed by atoms with Crippen LogP contribution in [-0.2, 0) is 17.8 Å². The summed E-state index contributed by atoms with van der Waals surface area (Å²) in [5.41, 5.74) is 2.96. The highest BCUT2D eigenvalue weighted by atomic mass is 16.5. The molecule has 0 bridgehead atoms. The second kappa shape index (κ2) is 9.76. The number of hydrogen-bond acceptors (Lipinski definition) is 5. The number of carbonyl (C=O) groups is 1. The highest BCUT2D eigenvalue weighted by molar-refractivity contribution is 5.94. The fourth-order valence-corrected chi connectivity index (χ4v) is 3.63. The highest BCUT2D eigenvalue weighted by Crippen LogP contribution is 2.27. The molecule has 156 valence electrons. The summed E-state index contributed by atoms with van der Waals surface area (Å²) < 4.78 is 16.3. The summed E-state index contributed by atoms with van der Waals surface area (Å²) in [6.45, 7) is 6.71. The molecule has 2 atom stereocenters. The smallest absolute Gasteiger partial charge is 0.254 e. The number of morpholine rings is 1. The quantitative estimate of drug-likeness (QED) is 0.776. The normalized spacial score (nSPS) is 19.1. The first-order valence-corrected chi connectivity index (χ1v) is 9.95. The first-order valence-electron chi connectivity index (χ1n) is 9.95. The maximum absolute atomic E-state index is 12.7. The van der Waals surface area contributed by atoms with E-state index in [9.17, 15) is 4.79 Å². The molecule has 1 N–H and O–H groups in total. The Hall–Kier alpha value is -2.57. The lowest BCUT2D eigenvalue weighted by atomic mass is 10.1. The lowest BCUT2D eigenvalue weighted by molar-refractivity contribution is -0.0586. The Labute approximate surface area is 172 Å². The van der Waals surface area contributed by atoms with Crippen molar-refractivity contribution in [3.63, 3.8) is 0 Å². The molecule has 3 rings (SSSR count). The molecule has 0 aromatic heterocycles. The molecule has 0 radical (unpaired) electrons. The van der Waals surface area contributed by atoms with E-state index in [-0.39, 0.29) is 18.1 Å². The third-order valence-electron chi connectivity index (χ3n) is 5.01. The van der Waals surface area contributed by atoms with E-state index >= 15 is 0 Å². The first kappa shape index (κ1) is 21.1. The minimum atomic E-state index is 0.0665. The number of carbonyl (C=O) groups excluding carboxylic acids is 1. The molecule has 6 nitrogen and oxygen atoms in total. The zero-order valence-corrected chi connectivity index (χ0v) is 17.6. The average Bonchev–Trinajstić information content (AvgIpc) is 2.73. The van der Waals surface area contributed by atoms with E-state index in [2.05, 4.69) is 5.32 Å². The Morgan fingerprint density at radius 3 is 2.17 bits per heavy atom. The van der Waals surface area contributed by atoms with E-state index in [0.717, 1.165) is 28.2 Å². The lowest BCUT2D eigenvalue weighted by Crippen LogP contribution is -2.48. The first-order chi connectivity index (χ1) is 14.0. The molecule has 0 saturated carbocycles. The van der Waals surface area contributed by atoms with E-state index in [1.165, 1.54) is 0 Å². The molecule has 2 aromatic carbocycles. The van der Waals surface area contributed by atoms with Gasteiger partial charge in [0.05, 0.1) is 26.4 Å². The van der Waals surface area contributed by atoms with Crippen molar-refractivity contribution in [3.8, 4) is 11.5 Å². The molecule has 1 fully saturated rings. The van der Waals surface area contributed by atoms with E-state index in [4.69, 9.17) is 14.2 Å². The Morgan fingerprint density at radius 2 is 1.55 bits per heavy atom. The van der Waals surface area contributed by atoms with Gasteiger partial charge in [0.1, 0.15) is 0 Å². The number of methoxy groups -OCH3 is 2. The van der Waals surface area contributed by atoms with Crippen LogP contribution in [-0.4, -0.2) is 50.3 Å². The molecule has 1 saturated heterocycles. The summed E-state index contributed by atoms with van der Waals surface area (Å²) in [5, 5.41) is 3.42. The predicted octanol–water partition coefficient (Wildman–Crippen LogP) is 3.24. The molecule has 6 heteroatoms. The van der Waals surface area contributed by atoms with Gasteiger partial charge in [0.25, 0.3) is 5.91 Å². The molecule has 0 spiro atoms. The van der Waals surface area contributed by atoms with Crippen LogP contribution in [0.15, 0.2) is 42.5 Å². The van der Waals surface area contributed by atoms with Gasteiger partial charge in [-0.15, -0.1) is 0 Å². The summed E-state index contributed by atoms with van der Waals surface area (Å²) in [7, 11) is 3.26. The van der Waals surface area contributed by atoms with Crippen LogP contribution in [0.5, 0.6) is 11.5 Å². The van der Waals surface area contributed by atoms with Crippen molar-refractivity contribution < 1.29 is 19.0 Å². The Balaban J connectivity index is 1.53. The summed E-state index contributed by atoms with van der Waals surface area (Å²) in [6, 6.07) is 13.7. The van der Waals surface area contributed by atoms with Gasteiger partial charge in [-0.3, -0.25) is 4.79 Å². The Bertz CT molecular complexity index is 812. The van der Waals surface area contributed by atoms with Crippen LogP contribution >= 0.6 is 0 Å². The van der Waals surface area contributed by atoms with Crippen LogP contribution in [0.25, 0.3) is 0 Å². The average molecular weight is 399 g/mol. The summed E-state index contributed by atoms with van der Waals surface area (Å²) in [4.78, 5) is 14.6. The molecule has 1 aliphatic rings. The summed E-state index contributed by atoms with van der Waals surface area (Å²) >= 11 is 0. The fraction of sp³-hybridized carbons (Fsp3) is 0.435. The standard InChI is InChI=1S/C23H30N2O4/c1-16-14-25(15-17(2)29-16)23(26)20-8-5-18(6-9-20)12-24-13-19-7-10-21(27-3)22(11-19)28-4/h5-11,16-17,24H,12-15H2,1-4H3. The molecule has 29 heavy (non-hydrogen) atoms. The van der Waals surface area contributed by atoms with Crippen LogP contribution < -0.4 is 14.8 Å². The zero-order chi connectivity index (χ0) is 20.8. The summed E-state index contributed by atoms with van der Waals surface area (Å²) in [5.74, 6) is 1.51. The predicted molar refractivity (Wildman–Crippen MR) is 112 cm³/mol.